The Morgan fingerprint density at radius 1 is 1.15 bits per heavy atom. The van der Waals surface area contributed by atoms with Gasteiger partial charge in [-0.3, -0.25) is 5.10 Å². The summed E-state index contributed by atoms with van der Waals surface area (Å²) in [6.07, 6.45) is 8.26. The van der Waals surface area contributed by atoms with Crippen LogP contribution in [0.5, 0.6) is 0 Å². The molecule has 4 saturated carbocycles. The molecule has 0 atom stereocenters. The van der Waals surface area contributed by atoms with Crippen LogP contribution in [0.1, 0.15) is 44.7 Å². The number of nitrogens with one attached hydrogen (secondary N) is 1. The first-order valence-corrected chi connectivity index (χ1v) is 8.22. The Labute approximate surface area is 121 Å². The maximum atomic E-state index is 6.13. The van der Waals surface area contributed by atoms with Crippen molar-refractivity contribution in [2.24, 2.45) is 23.7 Å². The highest BCUT2D eigenvalue weighted by Gasteiger charge is 2.50. The molecular weight excluding hydrogens is 248 g/mol. The molecule has 0 amide bonds. The molecule has 3 N–H and O–H groups in total. The molecule has 1 aromatic heterocycles. The number of aromatic amines is 1. The van der Waals surface area contributed by atoms with Gasteiger partial charge in [0.2, 0.25) is 0 Å². The maximum absolute atomic E-state index is 6.13. The van der Waals surface area contributed by atoms with Crippen molar-refractivity contribution in [1.29, 1.82) is 0 Å². The van der Waals surface area contributed by atoms with Crippen LogP contribution < -0.4 is 10.6 Å². The summed E-state index contributed by atoms with van der Waals surface area (Å²) < 4.78 is 0. The highest BCUT2D eigenvalue weighted by molar-refractivity contribution is 5.67. The van der Waals surface area contributed by atoms with Crippen molar-refractivity contribution in [3.8, 4) is 0 Å². The number of nitrogens with two attached hydrogens (primary N) is 1. The molecule has 0 spiro atoms. The van der Waals surface area contributed by atoms with E-state index in [0.29, 0.717) is 11.9 Å². The molecule has 110 valence electrons. The van der Waals surface area contributed by atoms with E-state index in [9.17, 15) is 0 Å². The lowest BCUT2D eigenvalue weighted by atomic mass is 9.54. The molecule has 5 rings (SSSR count). The number of H-pyrrole nitrogens is 1. The molecule has 1 aromatic rings. The van der Waals surface area contributed by atoms with Gasteiger partial charge in [-0.2, -0.15) is 5.10 Å². The SMILES string of the molecule is CCc1[nH]nc(N)c1N(C)C1C2CC3CC(C2)CC1C3. The quantitative estimate of drug-likeness (QED) is 0.891. The second-order valence-corrected chi connectivity index (χ2v) is 7.32. The third-order valence-electron chi connectivity index (χ3n) is 6.17. The molecule has 4 heteroatoms. The monoisotopic (exact) mass is 274 g/mol. The number of hydrogen-bond donors (Lipinski definition) is 2. The van der Waals surface area contributed by atoms with Gasteiger partial charge in [-0.1, -0.05) is 6.92 Å². The lowest BCUT2D eigenvalue weighted by Crippen LogP contribution is -2.55. The van der Waals surface area contributed by atoms with E-state index in [-0.39, 0.29) is 0 Å². The number of aromatic nitrogens is 2. The van der Waals surface area contributed by atoms with Crippen LogP contribution in [-0.2, 0) is 6.42 Å². The lowest BCUT2D eigenvalue weighted by Gasteiger charge is -2.57. The zero-order valence-electron chi connectivity index (χ0n) is 12.6. The van der Waals surface area contributed by atoms with Gasteiger partial charge in [0.15, 0.2) is 5.82 Å². The molecule has 4 fully saturated rings. The molecule has 4 bridgehead atoms. The molecule has 1 heterocycles. The van der Waals surface area contributed by atoms with Crippen molar-refractivity contribution in [2.45, 2.75) is 51.5 Å². The Balaban J connectivity index is 1.65. The van der Waals surface area contributed by atoms with E-state index >= 15 is 0 Å². The van der Waals surface area contributed by atoms with Gasteiger partial charge >= 0.3 is 0 Å². The fourth-order valence-electron chi connectivity index (χ4n) is 5.71. The summed E-state index contributed by atoms with van der Waals surface area (Å²) >= 11 is 0. The predicted octanol–water partition coefficient (Wildman–Crippen LogP) is 2.82. The van der Waals surface area contributed by atoms with Gasteiger partial charge < -0.3 is 10.6 Å². The number of anilines is 2. The van der Waals surface area contributed by atoms with E-state index in [1.54, 1.807) is 0 Å². The number of hydrogen-bond acceptors (Lipinski definition) is 3. The summed E-state index contributed by atoms with van der Waals surface area (Å²) in [6.45, 7) is 2.17. The summed E-state index contributed by atoms with van der Waals surface area (Å²) in [5.74, 6) is 4.49. The van der Waals surface area contributed by atoms with Crippen molar-refractivity contribution < 1.29 is 0 Å². The number of rotatable bonds is 3. The summed E-state index contributed by atoms with van der Waals surface area (Å²) in [5.41, 5.74) is 8.49. The van der Waals surface area contributed by atoms with Crippen LogP contribution in [0.25, 0.3) is 0 Å². The fourth-order valence-corrected chi connectivity index (χ4v) is 5.71. The third-order valence-corrected chi connectivity index (χ3v) is 6.17. The Bertz CT molecular complexity index is 479. The van der Waals surface area contributed by atoms with E-state index in [0.717, 1.165) is 30.1 Å². The molecule has 0 saturated heterocycles. The molecule has 0 aliphatic heterocycles. The molecule has 4 nitrogen and oxygen atoms in total. The van der Waals surface area contributed by atoms with Gasteiger partial charge in [0.05, 0.1) is 5.69 Å². The van der Waals surface area contributed by atoms with Crippen LogP contribution in [0.3, 0.4) is 0 Å². The minimum absolute atomic E-state index is 0.679. The van der Waals surface area contributed by atoms with Crippen molar-refractivity contribution in [3.05, 3.63) is 5.69 Å². The highest BCUT2D eigenvalue weighted by atomic mass is 15.3. The molecule has 4 aliphatic carbocycles. The minimum atomic E-state index is 0.679. The predicted molar refractivity (Wildman–Crippen MR) is 81.6 cm³/mol. The molecule has 0 aromatic carbocycles. The Kier molecular flexibility index (Phi) is 2.76. The zero-order chi connectivity index (χ0) is 13.9. The van der Waals surface area contributed by atoms with E-state index in [4.69, 9.17) is 5.73 Å². The lowest BCUT2D eigenvalue weighted by molar-refractivity contribution is -0.00121. The second-order valence-electron chi connectivity index (χ2n) is 7.32. The van der Waals surface area contributed by atoms with E-state index in [1.807, 2.05) is 0 Å². The van der Waals surface area contributed by atoms with Gasteiger partial charge in [0.25, 0.3) is 0 Å². The molecule has 20 heavy (non-hydrogen) atoms. The van der Waals surface area contributed by atoms with Gasteiger partial charge in [0, 0.05) is 13.1 Å². The maximum Gasteiger partial charge on any atom is 0.169 e. The average Bonchev–Trinajstić information content (AvgIpc) is 2.78. The van der Waals surface area contributed by atoms with Gasteiger partial charge in [-0.15, -0.1) is 0 Å². The largest absolute Gasteiger partial charge is 0.380 e. The summed E-state index contributed by atoms with van der Waals surface area (Å²) in [4.78, 5) is 2.48. The first-order chi connectivity index (χ1) is 9.67. The van der Waals surface area contributed by atoms with Crippen LogP contribution in [0.4, 0.5) is 11.5 Å². The highest BCUT2D eigenvalue weighted by Crippen LogP contribution is 2.55. The standard InChI is InChI=1S/C16H26N4/c1-3-13-15(16(17)19-18-13)20(2)14-11-5-9-4-10(7-11)8-12(14)6-9/h9-12,14H,3-8H2,1-2H3,(H3,17,18,19). The molecular formula is C16H26N4. The van der Waals surface area contributed by atoms with Crippen molar-refractivity contribution in [1.82, 2.24) is 10.2 Å². The summed E-state index contributed by atoms with van der Waals surface area (Å²) in [6, 6.07) is 0.688. The Morgan fingerprint density at radius 2 is 1.75 bits per heavy atom. The molecule has 0 radical (unpaired) electrons. The molecule has 4 aliphatic rings. The number of aryl methyl sites for hydroxylation is 1. The van der Waals surface area contributed by atoms with Crippen LogP contribution >= 0.6 is 0 Å². The van der Waals surface area contributed by atoms with Crippen molar-refractivity contribution in [3.63, 3.8) is 0 Å². The van der Waals surface area contributed by atoms with E-state index in [1.165, 1.54) is 43.5 Å². The normalized spacial score (nSPS) is 38.4. The van der Waals surface area contributed by atoms with Crippen LogP contribution in [0.2, 0.25) is 0 Å². The second kappa shape index (κ2) is 4.40. The average molecular weight is 274 g/mol. The zero-order valence-corrected chi connectivity index (χ0v) is 12.6. The van der Waals surface area contributed by atoms with Crippen molar-refractivity contribution >= 4 is 11.5 Å². The summed E-state index contributed by atoms with van der Waals surface area (Å²) in [7, 11) is 2.24. The summed E-state index contributed by atoms with van der Waals surface area (Å²) in [5, 5.41) is 7.34. The molecule has 0 unspecified atom stereocenters. The Morgan fingerprint density at radius 3 is 2.30 bits per heavy atom. The Hall–Kier alpha value is -1.19. The van der Waals surface area contributed by atoms with Gasteiger partial charge in [-0.25, -0.2) is 0 Å². The van der Waals surface area contributed by atoms with Crippen LogP contribution in [0, 0.1) is 23.7 Å². The number of nitrogen functional groups attached to an aromatic ring is 1. The van der Waals surface area contributed by atoms with Crippen LogP contribution in [-0.4, -0.2) is 23.3 Å². The number of nitrogens with zero attached hydrogens (tertiary/aromatic N) is 2. The first kappa shape index (κ1) is 12.5. The topological polar surface area (TPSA) is 57.9 Å². The minimum Gasteiger partial charge on any atom is -0.380 e. The smallest absolute Gasteiger partial charge is 0.169 e. The van der Waals surface area contributed by atoms with E-state index in [2.05, 4.69) is 29.1 Å². The van der Waals surface area contributed by atoms with Gasteiger partial charge in [-0.05, 0) is 62.2 Å². The fraction of sp³-hybridized carbons (Fsp3) is 0.812. The van der Waals surface area contributed by atoms with Crippen LogP contribution in [0.15, 0.2) is 0 Å². The van der Waals surface area contributed by atoms with E-state index < -0.39 is 0 Å². The first-order valence-electron chi connectivity index (χ1n) is 8.22. The third kappa shape index (κ3) is 1.69. The van der Waals surface area contributed by atoms with Crippen molar-refractivity contribution in [2.75, 3.05) is 17.7 Å². The van der Waals surface area contributed by atoms with Gasteiger partial charge in [0.1, 0.15) is 5.69 Å².